The summed E-state index contributed by atoms with van der Waals surface area (Å²) in [6.07, 6.45) is 5.14. The minimum Gasteiger partial charge on any atom is -0.359 e. The van der Waals surface area contributed by atoms with Crippen LogP contribution >= 0.6 is 23.8 Å². The average Bonchev–Trinajstić information content (AvgIpc) is 2.36. The van der Waals surface area contributed by atoms with Crippen molar-refractivity contribution >= 4 is 34.6 Å². The van der Waals surface area contributed by atoms with E-state index in [0.717, 1.165) is 16.3 Å². The first-order valence-electron chi connectivity index (χ1n) is 6.90. The highest BCUT2D eigenvalue weighted by Gasteiger charge is 2.21. The van der Waals surface area contributed by atoms with Crippen molar-refractivity contribution in [3.8, 4) is 0 Å². The Morgan fingerprint density at radius 3 is 2.74 bits per heavy atom. The summed E-state index contributed by atoms with van der Waals surface area (Å²) < 4.78 is 0. The fourth-order valence-electron chi connectivity index (χ4n) is 2.62. The molecule has 0 amide bonds. The van der Waals surface area contributed by atoms with Gasteiger partial charge in [-0.25, -0.2) is 0 Å². The molecule has 1 saturated carbocycles. The maximum absolute atomic E-state index is 5.95. The molecule has 0 unspecified atom stereocenters. The van der Waals surface area contributed by atoms with E-state index >= 15 is 0 Å². The van der Waals surface area contributed by atoms with Gasteiger partial charge in [-0.3, -0.25) is 0 Å². The Bertz CT molecular complexity index is 461. The average molecular weight is 297 g/mol. The number of halogens is 1. The van der Waals surface area contributed by atoms with E-state index < -0.39 is 0 Å². The molecule has 2 N–H and O–H groups in total. The summed E-state index contributed by atoms with van der Waals surface area (Å²) in [6, 6.07) is 6.29. The zero-order chi connectivity index (χ0) is 13.8. The topological polar surface area (TPSA) is 24.1 Å². The smallest absolute Gasteiger partial charge is 0.171 e. The van der Waals surface area contributed by atoms with Crippen molar-refractivity contribution in [2.75, 3.05) is 5.32 Å². The molecule has 1 fully saturated rings. The van der Waals surface area contributed by atoms with Crippen molar-refractivity contribution in [3.05, 3.63) is 28.8 Å². The van der Waals surface area contributed by atoms with Crippen molar-refractivity contribution in [3.63, 3.8) is 0 Å². The number of rotatable bonds is 2. The van der Waals surface area contributed by atoms with Gasteiger partial charge in [-0.15, -0.1) is 0 Å². The highest BCUT2D eigenvalue weighted by molar-refractivity contribution is 7.80. The van der Waals surface area contributed by atoms with E-state index in [0.29, 0.717) is 17.1 Å². The van der Waals surface area contributed by atoms with Crippen LogP contribution in [0.4, 0.5) is 5.69 Å². The Balaban J connectivity index is 1.93. The molecule has 0 heterocycles. The Kier molecular flexibility index (Phi) is 5.06. The van der Waals surface area contributed by atoms with E-state index in [1.54, 1.807) is 0 Å². The molecule has 1 aliphatic rings. The van der Waals surface area contributed by atoms with Gasteiger partial charge in [0.05, 0.1) is 0 Å². The third kappa shape index (κ3) is 4.08. The van der Waals surface area contributed by atoms with Crippen LogP contribution in [0, 0.1) is 12.8 Å². The van der Waals surface area contributed by atoms with Crippen molar-refractivity contribution in [2.24, 2.45) is 5.92 Å². The van der Waals surface area contributed by atoms with Crippen molar-refractivity contribution < 1.29 is 0 Å². The van der Waals surface area contributed by atoms with Gasteiger partial charge in [-0.1, -0.05) is 31.4 Å². The lowest BCUT2D eigenvalue weighted by molar-refractivity contribution is 0.309. The molecule has 1 aliphatic carbocycles. The summed E-state index contributed by atoms with van der Waals surface area (Å²) in [7, 11) is 0. The van der Waals surface area contributed by atoms with Crippen LogP contribution < -0.4 is 10.6 Å². The van der Waals surface area contributed by atoms with Gasteiger partial charge in [-0.05, 0) is 61.7 Å². The van der Waals surface area contributed by atoms with Gasteiger partial charge in [0, 0.05) is 16.8 Å². The number of anilines is 1. The molecule has 104 valence electrons. The molecule has 2 atom stereocenters. The van der Waals surface area contributed by atoms with E-state index in [1.807, 2.05) is 25.1 Å². The van der Waals surface area contributed by atoms with Gasteiger partial charge in [0.15, 0.2) is 5.11 Å². The minimum absolute atomic E-state index is 0.501. The van der Waals surface area contributed by atoms with Crippen LogP contribution in [-0.2, 0) is 0 Å². The van der Waals surface area contributed by atoms with Crippen LogP contribution in [0.25, 0.3) is 0 Å². The van der Waals surface area contributed by atoms with Crippen molar-refractivity contribution in [1.29, 1.82) is 0 Å². The lowest BCUT2D eigenvalue weighted by Gasteiger charge is -2.30. The van der Waals surface area contributed by atoms with Crippen molar-refractivity contribution in [1.82, 2.24) is 5.32 Å². The summed E-state index contributed by atoms with van der Waals surface area (Å²) in [4.78, 5) is 0. The predicted molar refractivity (Wildman–Crippen MR) is 87.0 cm³/mol. The normalized spacial score (nSPS) is 22.9. The fourth-order valence-corrected chi connectivity index (χ4v) is 3.11. The number of hydrogen-bond acceptors (Lipinski definition) is 1. The third-order valence-electron chi connectivity index (χ3n) is 3.86. The Labute approximate surface area is 125 Å². The quantitative estimate of drug-likeness (QED) is 0.785. The first kappa shape index (κ1) is 14.6. The lowest BCUT2D eigenvalue weighted by atomic mass is 9.86. The molecule has 1 aromatic rings. The van der Waals surface area contributed by atoms with Gasteiger partial charge in [0.2, 0.25) is 0 Å². The summed E-state index contributed by atoms with van der Waals surface area (Å²) in [5.41, 5.74) is 2.12. The second-order valence-electron chi connectivity index (χ2n) is 5.43. The highest BCUT2D eigenvalue weighted by Crippen LogP contribution is 2.24. The highest BCUT2D eigenvalue weighted by atomic mass is 35.5. The number of hydrogen-bond donors (Lipinski definition) is 2. The molecule has 0 aromatic heterocycles. The zero-order valence-corrected chi connectivity index (χ0v) is 13.1. The monoisotopic (exact) mass is 296 g/mol. The van der Waals surface area contributed by atoms with Gasteiger partial charge in [0.25, 0.3) is 0 Å². The second kappa shape index (κ2) is 6.58. The van der Waals surface area contributed by atoms with Crippen LogP contribution in [0.2, 0.25) is 5.02 Å². The van der Waals surface area contributed by atoms with E-state index in [-0.39, 0.29) is 0 Å². The molecular weight excluding hydrogens is 276 g/mol. The predicted octanol–water partition coefficient (Wildman–Crippen LogP) is 4.51. The first-order chi connectivity index (χ1) is 9.06. The molecule has 2 nitrogen and oxygen atoms in total. The van der Waals surface area contributed by atoms with Crippen LogP contribution in [0.1, 0.15) is 38.2 Å². The van der Waals surface area contributed by atoms with Gasteiger partial charge < -0.3 is 10.6 Å². The van der Waals surface area contributed by atoms with Gasteiger partial charge in [0.1, 0.15) is 0 Å². The first-order valence-corrected chi connectivity index (χ1v) is 7.68. The van der Waals surface area contributed by atoms with Crippen LogP contribution in [0.5, 0.6) is 0 Å². The van der Waals surface area contributed by atoms with E-state index in [2.05, 4.69) is 17.6 Å². The molecule has 0 aliphatic heterocycles. The summed E-state index contributed by atoms with van der Waals surface area (Å²) in [5, 5.41) is 8.18. The van der Waals surface area contributed by atoms with E-state index in [1.165, 1.54) is 25.7 Å². The molecule has 4 heteroatoms. The number of thiocarbonyl (C=S) groups is 1. The van der Waals surface area contributed by atoms with Crippen LogP contribution in [0.3, 0.4) is 0 Å². The summed E-state index contributed by atoms with van der Waals surface area (Å²) in [5.74, 6) is 0.694. The third-order valence-corrected chi connectivity index (χ3v) is 4.32. The molecule has 2 rings (SSSR count). The molecule has 1 aromatic carbocycles. The maximum Gasteiger partial charge on any atom is 0.171 e. The standard InChI is InChI=1S/C15H21ClN2S/c1-10-5-3-4-6-13(10)17-15(19)18-14-8-7-12(16)9-11(14)2/h7-10,13H,3-6H2,1-2H3,(H2,17,18,19)/t10-,13-/m1/s1. The van der Waals surface area contributed by atoms with Gasteiger partial charge >= 0.3 is 0 Å². The number of nitrogens with one attached hydrogen (secondary N) is 2. The molecule has 19 heavy (non-hydrogen) atoms. The largest absolute Gasteiger partial charge is 0.359 e. The Morgan fingerprint density at radius 1 is 1.32 bits per heavy atom. The maximum atomic E-state index is 5.95. The summed E-state index contributed by atoms with van der Waals surface area (Å²) >= 11 is 11.4. The molecular formula is C15H21ClN2S. The molecule has 0 radical (unpaired) electrons. The zero-order valence-electron chi connectivity index (χ0n) is 11.5. The summed E-state index contributed by atoms with van der Waals surface area (Å²) in [6.45, 7) is 4.33. The molecule has 0 spiro atoms. The molecule has 0 bridgehead atoms. The Hall–Kier alpha value is -0.800. The number of aryl methyl sites for hydroxylation is 1. The van der Waals surface area contributed by atoms with E-state index in [9.17, 15) is 0 Å². The van der Waals surface area contributed by atoms with Gasteiger partial charge in [-0.2, -0.15) is 0 Å². The van der Waals surface area contributed by atoms with Crippen molar-refractivity contribution in [2.45, 2.75) is 45.6 Å². The lowest BCUT2D eigenvalue weighted by Crippen LogP contribution is -2.43. The van der Waals surface area contributed by atoms with Crippen LogP contribution in [0.15, 0.2) is 18.2 Å². The minimum atomic E-state index is 0.501. The van der Waals surface area contributed by atoms with Crippen LogP contribution in [-0.4, -0.2) is 11.2 Å². The SMILES string of the molecule is Cc1cc(Cl)ccc1NC(=S)N[C@@H]1CCCC[C@H]1C. The Morgan fingerprint density at radius 2 is 2.05 bits per heavy atom. The van der Waals surface area contributed by atoms with E-state index in [4.69, 9.17) is 23.8 Å². The fraction of sp³-hybridized carbons (Fsp3) is 0.533. The number of benzene rings is 1. The second-order valence-corrected chi connectivity index (χ2v) is 6.27. The molecule has 0 saturated heterocycles.